The van der Waals surface area contributed by atoms with Crippen molar-refractivity contribution in [3.63, 3.8) is 0 Å². The molecule has 3 aromatic heterocycles. The Morgan fingerprint density at radius 3 is 2.67 bits per heavy atom. The van der Waals surface area contributed by atoms with E-state index >= 15 is 0 Å². The van der Waals surface area contributed by atoms with E-state index in [1.54, 1.807) is 32.6 Å². The fourth-order valence-electron chi connectivity index (χ4n) is 5.35. The number of aryl methyl sites for hydroxylation is 1. The number of hydrogen-bond donors (Lipinski definition) is 1. The number of anilines is 1. The standard InChI is InChI=1S/C28H31FN8O3/c1-19-3-5-21(6-4-19)37-25(32-27(38)23-16-31-36-11-2-10-30-26(23)36)15-24(33-37)20-7-12-34(13-8-20)22-17-35(18-22)28(39)40-14-9-29/h2-6,10-11,15-16,20,22H,7-9,12-14,17-18H2,1H3,(H,32,38). The number of nitrogens with zero attached hydrogens (tertiary/aromatic N) is 7. The summed E-state index contributed by atoms with van der Waals surface area (Å²) in [5, 5.41) is 12.2. The van der Waals surface area contributed by atoms with E-state index < -0.39 is 12.8 Å². The second-order valence-corrected chi connectivity index (χ2v) is 10.3. The second kappa shape index (κ2) is 11.0. The number of halogens is 1. The van der Waals surface area contributed by atoms with Gasteiger partial charge in [0.05, 0.1) is 17.6 Å². The number of piperidine rings is 1. The van der Waals surface area contributed by atoms with Crippen LogP contribution in [0.3, 0.4) is 0 Å². The molecule has 1 aromatic carbocycles. The summed E-state index contributed by atoms with van der Waals surface area (Å²) < 4.78 is 20.5. The van der Waals surface area contributed by atoms with Gasteiger partial charge >= 0.3 is 6.09 Å². The van der Waals surface area contributed by atoms with Crippen molar-refractivity contribution in [2.24, 2.45) is 0 Å². The van der Waals surface area contributed by atoms with Gasteiger partial charge in [-0.25, -0.2) is 23.4 Å². The Bertz CT molecular complexity index is 1500. The Labute approximate surface area is 230 Å². The summed E-state index contributed by atoms with van der Waals surface area (Å²) in [6.45, 7) is 4.14. The van der Waals surface area contributed by atoms with Crippen LogP contribution in [0, 0.1) is 6.92 Å². The summed E-state index contributed by atoms with van der Waals surface area (Å²) >= 11 is 0. The molecule has 0 aliphatic carbocycles. The molecular formula is C28H31FN8O3. The van der Waals surface area contributed by atoms with Crippen molar-refractivity contribution in [3.05, 3.63) is 71.8 Å². The average molecular weight is 547 g/mol. The monoisotopic (exact) mass is 546 g/mol. The van der Waals surface area contributed by atoms with Gasteiger partial charge in [0.1, 0.15) is 24.7 Å². The first-order valence-electron chi connectivity index (χ1n) is 13.5. The number of rotatable bonds is 7. The second-order valence-electron chi connectivity index (χ2n) is 10.3. The molecule has 5 heterocycles. The van der Waals surface area contributed by atoms with Gasteiger partial charge in [-0.1, -0.05) is 17.7 Å². The van der Waals surface area contributed by atoms with Gasteiger partial charge in [-0.2, -0.15) is 10.2 Å². The van der Waals surface area contributed by atoms with Crippen molar-refractivity contribution >= 4 is 23.5 Å². The van der Waals surface area contributed by atoms with Gasteiger partial charge in [-0.3, -0.25) is 9.69 Å². The lowest BCUT2D eigenvalue weighted by Gasteiger charge is -2.46. The van der Waals surface area contributed by atoms with Crippen molar-refractivity contribution < 1.29 is 18.7 Å². The first-order chi connectivity index (χ1) is 19.5. The van der Waals surface area contributed by atoms with E-state index in [0.29, 0.717) is 36.2 Å². The molecule has 0 unspecified atom stereocenters. The molecule has 11 nitrogen and oxygen atoms in total. The minimum absolute atomic E-state index is 0.195. The summed E-state index contributed by atoms with van der Waals surface area (Å²) in [5.74, 6) is 0.522. The number of ether oxygens (including phenoxy) is 1. The fourth-order valence-corrected chi connectivity index (χ4v) is 5.35. The smallest absolute Gasteiger partial charge is 0.409 e. The van der Waals surface area contributed by atoms with Crippen molar-refractivity contribution in [1.29, 1.82) is 0 Å². The minimum Gasteiger partial charge on any atom is -0.447 e. The molecule has 4 aromatic rings. The van der Waals surface area contributed by atoms with Gasteiger partial charge in [-0.15, -0.1) is 0 Å². The van der Waals surface area contributed by atoms with Gasteiger partial charge in [0, 0.05) is 43.5 Å². The molecule has 0 spiro atoms. The van der Waals surface area contributed by atoms with Gasteiger partial charge in [-0.05, 0) is 51.1 Å². The van der Waals surface area contributed by atoms with Gasteiger partial charge < -0.3 is 15.0 Å². The van der Waals surface area contributed by atoms with Crippen LogP contribution in [0.25, 0.3) is 11.3 Å². The molecule has 1 N–H and O–H groups in total. The van der Waals surface area contributed by atoms with Gasteiger partial charge in [0.25, 0.3) is 5.91 Å². The highest BCUT2D eigenvalue weighted by Crippen LogP contribution is 2.32. The maximum atomic E-state index is 13.3. The van der Waals surface area contributed by atoms with Crippen LogP contribution >= 0.6 is 0 Å². The van der Waals surface area contributed by atoms with E-state index in [9.17, 15) is 14.0 Å². The summed E-state index contributed by atoms with van der Waals surface area (Å²) in [6.07, 6.45) is 6.29. The molecule has 0 saturated carbocycles. The molecule has 2 aliphatic heterocycles. The normalized spacial score (nSPS) is 16.7. The molecule has 6 rings (SSSR count). The first-order valence-corrected chi connectivity index (χ1v) is 13.5. The molecule has 208 valence electrons. The zero-order valence-electron chi connectivity index (χ0n) is 22.2. The molecule has 2 aliphatic rings. The number of alkyl halides is 1. The third-order valence-electron chi connectivity index (χ3n) is 7.66. The third kappa shape index (κ3) is 5.14. The van der Waals surface area contributed by atoms with Crippen LogP contribution in [0.2, 0.25) is 0 Å². The van der Waals surface area contributed by atoms with Crippen molar-refractivity contribution in [3.8, 4) is 5.69 Å². The van der Waals surface area contributed by atoms with Crippen LogP contribution < -0.4 is 5.32 Å². The number of hydrogen-bond acceptors (Lipinski definition) is 7. The van der Waals surface area contributed by atoms with E-state index in [1.807, 2.05) is 37.3 Å². The highest BCUT2D eigenvalue weighted by molar-refractivity contribution is 6.07. The Kier molecular flexibility index (Phi) is 7.16. The average Bonchev–Trinajstić information content (AvgIpc) is 3.57. The minimum atomic E-state index is -0.667. The molecule has 12 heteroatoms. The zero-order chi connectivity index (χ0) is 27.6. The Morgan fingerprint density at radius 1 is 1.15 bits per heavy atom. The maximum Gasteiger partial charge on any atom is 0.409 e. The van der Waals surface area contributed by atoms with Crippen LogP contribution in [0.15, 0.2) is 55.0 Å². The molecule has 2 saturated heterocycles. The van der Waals surface area contributed by atoms with Crippen LogP contribution in [0.4, 0.5) is 15.0 Å². The van der Waals surface area contributed by atoms with Crippen molar-refractivity contribution in [1.82, 2.24) is 34.2 Å². The number of carbonyl (C=O) groups excluding carboxylic acids is 2. The molecular weight excluding hydrogens is 515 g/mol. The van der Waals surface area contributed by atoms with Crippen LogP contribution in [0.1, 0.15) is 40.4 Å². The topological polar surface area (TPSA) is 110 Å². The summed E-state index contributed by atoms with van der Waals surface area (Å²) in [7, 11) is 0. The van der Waals surface area contributed by atoms with E-state index in [4.69, 9.17) is 9.84 Å². The summed E-state index contributed by atoms with van der Waals surface area (Å²) in [5.41, 5.74) is 3.79. The van der Waals surface area contributed by atoms with Crippen molar-refractivity contribution in [2.75, 3.05) is 44.8 Å². The zero-order valence-corrected chi connectivity index (χ0v) is 22.2. The highest BCUT2D eigenvalue weighted by Gasteiger charge is 2.37. The van der Waals surface area contributed by atoms with Crippen molar-refractivity contribution in [2.45, 2.75) is 31.7 Å². The van der Waals surface area contributed by atoms with E-state index in [2.05, 4.69) is 20.3 Å². The van der Waals surface area contributed by atoms with E-state index in [-0.39, 0.29) is 18.4 Å². The molecule has 0 bridgehead atoms. The first kappa shape index (κ1) is 25.9. The van der Waals surface area contributed by atoms with Crippen LogP contribution in [0.5, 0.6) is 0 Å². The number of benzene rings is 1. The number of nitrogens with one attached hydrogen (secondary N) is 1. The predicted octanol–water partition coefficient (Wildman–Crippen LogP) is 3.45. The lowest BCUT2D eigenvalue weighted by Crippen LogP contribution is -2.62. The molecule has 0 atom stereocenters. The van der Waals surface area contributed by atoms with Gasteiger partial charge in [0.2, 0.25) is 0 Å². The predicted molar refractivity (Wildman–Crippen MR) is 145 cm³/mol. The van der Waals surface area contributed by atoms with E-state index in [0.717, 1.165) is 42.9 Å². The van der Waals surface area contributed by atoms with Crippen LogP contribution in [-0.4, -0.2) is 91.7 Å². The Morgan fingerprint density at radius 2 is 1.93 bits per heavy atom. The Hall–Kier alpha value is -4.32. The molecule has 40 heavy (non-hydrogen) atoms. The third-order valence-corrected chi connectivity index (χ3v) is 7.66. The summed E-state index contributed by atoms with van der Waals surface area (Å²) in [4.78, 5) is 33.5. The quantitative estimate of drug-likeness (QED) is 0.378. The van der Waals surface area contributed by atoms with Crippen LogP contribution in [-0.2, 0) is 4.74 Å². The fraction of sp³-hybridized carbons (Fsp3) is 0.393. The SMILES string of the molecule is Cc1ccc(-n2nc(C3CCN(C4CN(C(=O)OCCF)C4)CC3)cc2NC(=O)c2cnn3cccnc23)cc1. The highest BCUT2D eigenvalue weighted by atomic mass is 19.1. The van der Waals surface area contributed by atoms with E-state index in [1.165, 1.54) is 6.20 Å². The maximum absolute atomic E-state index is 13.3. The lowest BCUT2D eigenvalue weighted by atomic mass is 9.92. The van der Waals surface area contributed by atoms with Gasteiger partial charge in [0.15, 0.2) is 5.65 Å². The number of fused-ring (bicyclic) bond motifs is 1. The summed E-state index contributed by atoms with van der Waals surface area (Å²) in [6, 6.07) is 12.0. The number of aromatic nitrogens is 5. The largest absolute Gasteiger partial charge is 0.447 e. The Balaban J connectivity index is 1.16. The number of amides is 2. The number of carbonyl (C=O) groups is 2. The lowest BCUT2D eigenvalue weighted by molar-refractivity contribution is 0.0109. The molecule has 2 fully saturated rings. The number of likely N-dealkylation sites (tertiary alicyclic amines) is 2. The molecule has 0 radical (unpaired) electrons. The molecule has 2 amide bonds.